The van der Waals surface area contributed by atoms with Crippen molar-refractivity contribution in [3.05, 3.63) is 22.8 Å². The number of halogens is 4. The van der Waals surface area contributed by atoms with Crippen molar-refractivity contribution in [3.8, 4) is 0 Å². The van der Waals surface area contributed by atoms with E-state index in [1.807, 2.05) is 13.8 Å². The Morgan fingerprint density at radius 3 is 2.57 bits per heavy atom. The second kappa shape index (κ2) is 8.44. The summed E-state index contributed by atoms with van der Waals surface area (Å²) < 4.78 is 37.9. The van der Waals surface area contributed by atoms with Crippen LogP contribution in [0.25, 0.3) is 0 Å². The Bertz CT molecular complexity index is 438. The fourth-order valence-electron chi connectivity index (χ4n) is 1.94. The van der Waals surface area contributed by atoms with Crippen LogP contribution >= 0.6 is 11.6 Å². The second-order valence-corrected chi connectivity index (χ2v) is 5.25. The summed E-state index contributed by atoms with van der Waals surface area (Å²) in [5, 5.41) is 3.65. The summed E-state index contributed by atoms with van der Waals surface area (Å²) in [5.74, 6) is 0.312. The molecule has 0 saturated heterocycles. The highest BCUT2D eigenvalue weighted by Crippen LogP contribution is 2.24. The predicted octanol–water partition coefficient (Wildman–Crippen LogP) is 4.01. The highest BCUT2D eigenvalue weighted by molar-refractivity contribution is 6.31. The molecule has 0 aliphatic carbocycles. The van der Waals surface area contributed by atoms with Gasteiger partial charge < -0.3 is 10.2 Å². The van der Waals surface area contributed by atoms with Gasteiger partial charge in [-0.3, -0.25) is 0 Å². The largest absolute Gasteiger partial charge is 0.405 e. The molecular formula is C14H21ClF3N3. The average molecular weight is 324 g/mol. The van der Waals surface area contributed by atoms with Crippen LogP contribution in [0.2, 0.25) is 5.02 Å². The minimum absolute atomic E-state index is 0.302. The molecule has 1 rings (SSSR count). The number of nitrogens with one attached hydrogen (secondary N) is 1. The fourth-order valence-corrected chi connectivity index (χ4v) is 2.11. The summed E-state index contributed by atoms with van der Waals surface area (Å²) in [7, 11) is 0. The minimum atomic E-state index is -4.25. The maximum atomic E-state index is 12.6. The van der Waals surface area contributed by atoms with Gasteiger partial charge in [0.1, 0.15) is 12.4 Å². The van der Waals surface area contributed by atoms with Gasteiger partial charge in [0.15, 0.2) is 0 Å². The summed E-state index contributed by atoms with van der Waals surface area (Å²) >= 11 is 6.05. The van der Waals surface area contributed by atoms with E-state index in [1.165, 1.54) is 11.1 Å². The first-order valence-electron chi connectivity index (χ1n) is 7.04. The summed E-state index contributed by atoms with van der Waals surface area (Å²) in [4.78, 5) is 5.27. The molecule has 120 valence electrons. The van der Waals surface area contributed by atoms with Crippen LogP contribution in [0.3, 0.4) is 0 Å². The molecule has 0 aliphatic heterocycles. The lowest BCUT2D eigenvalue weighted by molar-refractivity contribution is -0.119. The van der Waals surface area contributed by atoms with E-state index in [0.717, 1.165) is 18.5 Å². The molecule has 0 radical (unpaired) electrons. The molecule has 0 saturated carbocycles. The molecule has 1 N–H and O–H groups in total. The molecule has 0 spiro atoms. The maximum absolute atomic E-state index is 12.6. The zero-order chi connectivity index (χ0) is 15.9. The quantitative estimate of drug-likeness (QED) is 0.733. The molecule has 1 aromatic rings. The van der Waals surface area contributed by atoms with E-state index in [-0.39, 0.29) is 0 Å². The molecule has 0 bridgehead atoms. The van der Waals surface area contributed by atoms with Gasteiger partial charge in [-0.05, 0) is 31.0 Å². The lowest BCUT2D eigenvalue weighted by Gasteiger charge is -2.25. The van der Waals surface area contributed by atoms with E-state index >= 15 is 0 Å². The Morgan fingerprint density at radius 2 is 2.00 bits per heavy atom. The highest BCUT2D eigenvalue weighted by atomic mass is 35.5. The van der Waals surface area contributed by atoms with Crippen molar-refractivity contribution in [1.29, 1.82) is 0 Å². The molecule has 0 fully saturated rings. The van der Waals surface area contributed by atoms with Gasteiger partial charge in [0, 0.05) is 19.3 Å². The Balaban J connectivity index is 2.89. The number of aromatic nitrogens is 1. The SMILES string of the molecule is CCCNCc1cc(N(CCC)CC(F)(F)F)ncc1Cl. The molecule has 0 amide bonds. The van der Waals surface area contributed by atoms with Crippen molar-refractivity contribution in [2.75, 3.05) is 24.5 Å². The van der Waals surface area contributed by atoms with Crippen LogP contribution in [-0.2, 0) is 6.54 Å². The van der Waals surface area contributed by atoms with E-state index in [0.29, 0.717) is 30.4 Å². The minimum Gasteiger partial charge on any atom is -0.348 e. The first-order chi connectivity index (χ1) is 9.87. The monoisotopic (exact) mass is 323 g/mol. The maximum Gasteiger partial charge on any atom is 0.405 e. The Kier molecular flexibility index (Phi) is 7.25. The van der Waals surface area contributed by atoms with Crippen LogP contribution in [0.5, 0.6) is 0 Å². The van der Waals surface area contributed by atoms with Gasteiger partial charge in [-0.25, -0.2) is 4.98 Å². The molecule has 3 nitrogen and oxygen atoms in total. The Labute approximate surface area is 128 Å². The number of anilines is 1. The van der Waals surface area contributed by atoms with Gasteiger partial charge in [0.05, 0.1) is 5.02 Å². The average Bonchev–Trinajstić information content (AvgIpc) is 2.39. The van der Waals surface area contributed by atoms with Crippen molar-refractivity contribution >= 4 is 17.4 Å². The predicted molar refractivity (Wildman–Crippen MR) is 79.8 cm³/mol. The third-order valence-electron chi connectivity index (χ3n) is 2.85. The van der Waals surface area contributed by atoms with Crippen LogP contribution in [0.15, 0.2) is 12.3 Å². The third-order valence-corrected chi connectivity index (χ3v) is 3.19. The first kappa shape index (κ1) is 18.0. The van der Waals surface area contributed by atoms with E-state index < -0.39 is 12.7 Å². The van der Waals surface area contributed by atoms with Crippen molar-refractivity contribution in [1.82, 2.24) is 10.3 Å². The summed E-state index contributed by atoms with van der Waals surface area (Å²) in [5.41, 5.74) is 0.762. The normalized spacial score (nSPS) is 11.7. The van der Waals surface area contributed by atoms with Crippen LogP contribution in [-0.4, -0.2) is 30.8 Å². The summed E-state index contributed by atoms with van der Waals surface area (Å²) in [6, 6.07) is 1.63. The van der Waals surface area contributed by atoms with E-state index in [2.05, 4.69) is 10.3 Å². The summed E-state index contributed by atoms with van der Waals surface area (Å²) in [6.07, 6.45) is -1.24. The smallest absolute Gasteiger partial charge is 0.348 e. The zero-order valence-electron chi connectivity index (χ0n) is 12.3. The van der Waals surface area contributed by atoms with E-state index in [9.17, 15) is 13.2 Å². The van der Waals surface area contributed by atoms with Crippen LogP contribution in [0.4, 0.5) is 19.0 Å². The molecular weight excluding hydrogens is 303 g/mol. The summed E-state index contributed by atoms with van der Waals surface area (Å²) in [6.45, 7) is 4.53. The van der Waals surface area contributed by atoms with Gasteiger partial charge in [0.2, 0.25) is 0 Å². The first-order valence-corrected chi connectivity index (χ1v) is 7.42. The van der Waals surface area contributed by atoms with Crippen LogP contribution < -0.4 is 10.2 Å². The lowest BCUT2D eigenvalue weighted by atomic mass is 10.2. The molecule has 0 atom stereocenters. The van der Waals surface area contributed by atoms with Crippen molar-refractivity contribution in [3.63, 3.8) is 0 Å². The molecule has 1 heterocycles. The number of alkyl halides is 3. The van der Waals surface area contributed by atoms with Crippen molar-refractivity contribution in [2.24, 2.45) is 0 Å². The zero-order valence-corrected chi connectivity index (χ0v) is 13.1. The van der Waals surface area contributed by atoms with Crippen LogP contribution in [0, 0.1) is 0 Å². The fraction of sp³-hybridized carbons (Fsp3) is 0.643. The Morgan fingerprint density at radius 1 is 1.29 bits per heavy atom. The number of rotatable bonds is 8. The van der Waals surface area contributed by atoms with Crippen molar-refractivity contribution < 1.29 is 13.2 Å². The van der Waals surface area contributed by atoms with Crippen LogP contribution in [0.1, 0.15) is 32.3 Å². The van der Waals surface area contributed by atoms with Gasteiger partial charge in [-0.15, -0.1) is 0 Å². The molecule has 1 aromatic heterocycles. The van der Waals surface area contributed by atoms with Gasteiger partial charge in [-0.1, -0.05) is 25.4 Å². The van der Waals surface area contributed by atoms with E-state index in [1.54, 1.807) is 6.07 Å². The molecule has 0 aromatic carbocycles. The van der Waals surface area contributed by atoms with E-state index in [4.69, 9.17) is 11.6 Å². The molecule has 0 unspecified atom stereocenters. The van der Waals surface area contributed by atoms with Gasteiger partial charge in [0.25, 0.3) is 0 Å². The van der Waals surface area contributed by atoms with Gasteiger partial charge in [-0.2, -0.15) is 13.2 Å². The second-order valence-electron chi connectivity index (χ2n) is 4.85. The number of hydrogen-bond donors (Lipinski definition) is 1. The lowest BCUT2D eigenvalue weighted by Crippen LogP contribution is -2.35. The van der Waals surface area contributed by atoms with Crippen molar-refractivity contribution in [2.45, 2.75) is 39.4 Å². The Hall–Kier alpha value is -1.01. The topological polar surface area (TPSA) is 28.2 Å². The molecule has 7 heteroatoms. The van der Waals surface area contributed by atoms with Gasteiger partial charge >= 0.3 is 6.18 Å². The third kappa shape index (κ3) is 6.52. The standard InChI is InChI=1S/C14H21ClF3N3/c1-3-5-19-8-11-7-13(20-9-12(11)15)21(6-4-2)10-14(16,17)18/h7,9,19H,3-6,8,10H2,1-2H3. The molecule has 21 heavy (non-hydrogen) atoms. The number of pyridine rings is 1. The molecule has 0 aliphatic rings. The number of hydrogen-bond acceptors (Lipinski definition) is 3. The number of nitrogens with zero attached hydrogens (tertiary/aromatic N) is 2. The highest BCUT2D eigenvalue weighted by Gasteiger charge is 2.31.